The molecule has 5 nitrogen and oxygen atoms in total. The highest BCUT2D eigenvalue weighted by atomic mass is 79.9. The monoisotopic (exact) mass is 344 g/mol. The molecular formula is C12H10BrClN2O3. The van der Waals surface area contributed by atoms with Crippen LogP contribution in [0.25, 0.3) is 0 Å². The second kappa shape index (κ2) is 6.08. The zero-order valence-corrected chi connectivity index (χ0v) is 12.5. The van der Waals surface area contributed by atoms with Gasteiger partial charge < -0.3 is 14.2 Å². The second-order valence-electron chi connectivity index (χ2n) is 3.44. The fraction of sp³-hybridized carbons (Fsp3) is 0.167. The maximum absolute atomic E-state index is 5.73. The molecule has 19 heavy (non-hydrogen) atoms. The smallest absolute Gasteiger partial charge is 0.237 e. The van der Waals surface area contributed by atoms with E-state index in [1.807, 2.05) is 0 Å². The fourth-order valence-corrected chi connectivity index (χ4v) is 1.75. The van der Waals surface area contributed by atoms with Crippen LogP contribution >= 0.6 is 27.5 Å². The first-order valence-electron chi connectivity index (χ1n) is 5.21. The minimum atomic E-state index is 0.105. The molecule has 2 aromatic rings. The number of rotatable bonds is 4. The van der Waals surface area contributed by atoms with E-state index in [1.54, 1.807) is 32.4 Å². The Morgan fingerprint density at radius 3 is 2.21 bits per heavy atom. The summed E-state index contributed by atoms with van der Waals surface area (Å²) in [6.45, 7) is 0. The van der Waals surface area contributed by atoms with Crippen LogP contribution in [0, 0.1) is 0 Å². The molecule has 0 spiro atoms. The Kier molecular flexibility index (Phi) is 4.44. The average molecular weight is 346 g/mol. The third-order valence-corrected chi connectivity index (χ3v) is 2.95. The van der Waals surface area contributed by atoms with Gasteiger partial charge in [0.1, 0.15) is 17.2 Å². The Morgan fingerprint density at radius 1 is 1.05 bits per heavy atom. The van der Waals surface area contributed by atoms with E-state index < -0.39 is 0 Å². The van der Waals surface area contributed by atoms with Crippen LogP contribution in [0.2, 0.25) is 5.28 Å². The van der Waals surface area contributed by atoms with Crippen LogP contribution < -0.4 is 14.2 Å². The van der Waals surface area contributed by atoms with Crippen LogP contribution in [-0.2, 0) is 0 Å². The van der Waals surface area contributed by atoms with Crippen molar-refractivity contribution in [3.05, 3.63) is 34.2 Å². The lowest BCUT2D eigenvalue weighted by Gasteiger charge is -2.10. The maximum atomic E-state index is 5.73. The summed E-state index contributed by atoms with van der Waals surface area (Å²) in [6, 6.07) is 5.17. The van der Waals surface area contributed by atoms with Crippen molar-refractivity contribution < 1.29 is 14.2 Å². The van der Waals surface area contributed by atoms with Gasteiger partial charge >= 0.3 is 0 Å². The summed E-state index contributed by atoms with van der Waals surface area (Å²) >= 11 is 9.02. The van der Waals surface area contributed by atoms with Gasteiger partial charge in [-0.05, 0) is 27.5 Å². The molecule has 0 N–H and O–H groups in total. The molecule has 2 rings (SSSR count). The highest BCUT2D eigenvalue weighted by Crippen LogP contribution is 2.33. The lowest BCUT2D eigenvalue weighted by atomic mass is 10.3. The molecule has 0 saturated carbocycles. The first-order chi connectivity index (χ1) is 9.12. The van der Waals surface area contributed by atoms with Gasteiger partial charge in [0.2, 0.25) is 11.2 Å². The van der Waals surface area contributed by atoms with E-state index >= 15 is 0 Å². The summed E-state index contributed by atoms with van der Waals surface area (Å²) in [6.07, 6.45) is 1.52. The van der Waals surface area contributed by atoms with Gasteiger partial charge in [0.25, 0.3) is 0 Å². The minimum Gasteiger partial charge on any atom is -0.496 e. The molecule has 1 aromatic carbocycles. The van der Waals surface area contributed by atoms with Crippen molar-refractivity contribution >= 4 is 27.5 Å². The summed E-state index contributed by atoms with van der Waals surface area (Å²) in [5, 5.41) is 0.105. The van der Waals surface area contributed by atoms with E-state index in [0.717, 1.165) is 0 Å². The largest absolute Gasteiger partial charge is 0.496 e. The summed E-state index contributed by atoms with van der Waals surface area (Å²) < 4.78 is 16.5. The van der Waals surface area contributed by atoms with Crippen molar-refractivity contribution in [2.45, 2.75) is 0 Å². The van der Waals surface area contributed by atoms with Crippen molar-refractivity contribution in [1.82, 2.24) is 9.97 Å². The van der Waals surface area contributed by atoms with Crippen molar-refractivity contribution in [3.63, 3.8) is 0 Å². The zero-order chi connectivity index (χ0) is 13.8. The first kappa shape index (κ1) is 13.9. The second-order valence-corrected chi connectivity index (χ2v) is 4.63. The molecule has 0 unspecified atom stereocenters. The number of hydrogen-bond donors (Lipinski definition) is 0. The highest BCUT2D eigenvalue weighted by molar-refractivity contribution is 9.10. The third kappa shape index (κ3) is 3.48. The van der Waals surface area contributed by atoms with Gasteiger partial charge in [-0.3, -0.25) is 0 Å². The lowest BCUT2D eigenvalue weighted by Crippen LogP contribution is -1.93. The van der Waals surface area contributed by atoms with E-state index in [9.17, 15) is 0 Å². The predicted octanol–water partition coefficient (Wildman–Crippen LogP) is 3.70. The molecule has 0 aliphatic carbocycles. The number of ether oxygens (including phenoxy) is 3. The van der Waals surface area contributed by atoms with E-state index in [4.69, 9.17) is 25.8 Å². The molecule has 0 atom stereocenters. The van der Waals surface area contributed by atoms with Crippen LogP contribution in [0.1, 0.15) is 0 Å². The summed E-state index contributed by atoms with van der Waals surface area (Å²) in [5.74, 6) is 2.07. The summed E-state index contributed by atoms with van der Waals surface area (Å²) in [5.41, 5.74) is 0. The van der Waals surface area contributed by atoms with Crippen molar-refractivity contribution in [3.8, 4) is 23.1 Å². The Hall–Kier alpha value is -1.53. The van der Waals surface area contributed by atoms with Crippen LogP contribution in [0.15, 0.2) is 28.9 Å². The number of nitrogens with zero attached hydrogens (tertiary/aromatic N) is 2. The quantitative estimate of drug-likeness (QED) is 0.791. The Labute approximate surface area is 123 Å². The van der Waals surface area contributed by atoms with Crippen molar-refractivity contribution in [2.24, 2.45) is 0 Å². The maximum Gasteiger partial charge on any atom is 0.237 e. The lowest BCUT2D eigenvalue weighted by molar-refractivity contribution is 0.384. The molecule has 100 valence electrons. The molecule has 0 amide bonds. The number of halogens is 2. The van der Waals surface area contributed by atoms with Crippen molar-refractivity contribution in [1.29, 1.82) is 0 Å². The van der Waals surface area contributed by atoms with Gasteiger partial charge in [0, 0.05) is 24.4 Å². The van der Waals surface area contributed by atoms with Gasteiger partial charge in [0.15, 0.2) is 0 Å². The predicted molar refractivity (Wildman–Crippen MR) is 74.4 cm³/mol. The van der Waals surface area contributed by atoms with Crippen LogP contribution in [0.5, 0.6) is 23.1 Å². The Bertz CT molecular complexity index is 573. The van der Waals surface area contributed by atoms with Gasteiger partial charge in [-0.25, -0.2) is 4.98 Å². The fourth-order valence-electron chi connectivity index (χ4n) is 1.35. The van der Waals surface area contributed by atoms with Crippen LogP contribution in [0.4, 0.5) is 0 Å². The SMILES string of the molecule is COc1cc(OC)cc(Oc2nc(Cl)ncc2Br)c1. The Balaban J connectivity index is 2.34. The van der Waals surface area contributed by atoms with Gasteiger partial charge in [0.05, 0.1) is 18.7 Å². The summed E-state index contributed by atoms with van der Waals surface area (Å²) in [7, 11) is 3.13. The highest BCUT2D eigenvalue weighted by Gasteiger charge is 2.09. The normalized spacial score (nSPS) is 10.1. The van der Waals surface area contributed by atoms with E-state index in [0.29, 0.717) is 27.6 Å². The molecular weight excluding hydrogens is 336 g/mol. The number of benzene rings is 1. The zero-order valence-electron chi connectivity index (χ0n) is 10.2. The molecule has 1 aromatic heterocycles. The van der Waals surface area contributed by atoms with Gasteiger partial charge in [-0.15, -0.1) is 0 Å². The number of aromatic nitrogens is 2. The first-order valence-corrected chi connectivity index (χ1v) is 6.38. The van der Waals surface area contributed by atoms with E-state index in [-0.39, 0.29) is 5.28 Å². The van der Waals surface area contributed by atoms with Gasteiger partial charge in [-0.1, -0.05) is 0 Å². The molecule has 0 fully saturated rings. The molecule has 7 heteroatoms. The minimum absolute atomic E-state index is 0.105. The Morgan fingerprint density at radius 2 is 1.63 bits per heavy atom. The number of methoxy groups -OCH3 is 2. The molecule has 0 saturated heterocycles. The van der Waals surface area contributed by atoms with E-state index in [2.05, 4.69) is 25.9 Å². The third-order valence-electron chi connectivity index (χ3n) is 2.22. The van der Waals surface area contributed by atoms with Crippen molar-refractivity contribution in [2.75, 3.05) is 14.2 Å². The number of hydrogen-bond acceptors (Lipinski definition) is 5. The molecule has 0 aliphatic rings. The van der Waals surface area contributed by atoms with E-state index in [1.165, 1.54) is 6.20 Å². The van der Waals surface area contributed by atoms with Crippen LogP contribution in [-0.4, -0.2) is 24.2 Å². The standard InChI is InChI=1S/C12H10BrClN2O3/c1-17-7-3-8(18-2)5-9(4-7)19-11-10(13)6-15-12(14)16-11/h3-6H,1-2H3. The molecule has 0 aliphatic heterocycles. The molecule has 0 bridgehead atoms. The topological polar surface area (TPSA) is 53.5 Å². The summed E-state index contributed by atoms with van der Waals surface area (Å²) in [4.78, 5) is 7.81. The molecule has 1 heterocycles. The van der Waals surface area contributed by atoms with Gasteiger partial charge in [-0.2, -0.15) is 4.98 Å². The average Bonchev–Trinajstić information content (AvgIpc) is 2.42. The van der Waals surface area contributed by atoms with Crippen LogP contribution in [0.3, 0.4) is 0 Å². The molecule has 0 radical (unpaired) electrons.